The van der Waals surface area contributed by atoms with Crippen molar-refractivity contribution in [2.45, 2.75) is 37.1 Å². The summed E-state index contributed by atoms with van der Waals surface area (Å²) in [4.78, 5) is 1.40. The molecule has 1 N–H and O–H groups in total. The molecule has 2 rings (SSSR count). The van der Waals surface area contributed by atoms with Crippen LogP contribution in [-0.4, -0.2) is 18.3 Å². The highest BCUT2D eigenvalue weighted by atomic mass is 35.5. The van der Waals surface area contributed by atoms with E-state index in [2.05, 4.69) is 36.5 Å². The molecule has 1 saturated heterocycles. The Balaban J connectivity index is 0.00000128. The predicted molar refractivity (Wildman–Crippen MR) is 74.8 cm³/mol. The quantitative estimate of drug-likeness (QED) is 0.830. The molecule has 16 heavy (non-hydrogen) atoms. The van der Waals surface area contributed by atoms with Crippen LogP contribution >= 0.6 is 24.2 Å². The first-order chi connectivity index (χ1) is 7.34. The highest BCUT2D eigenvalue weighted by molar-refractivity contribution is 7.99. The lowest BCUT2D eigenvalue weighted by molar-refractivity contribution is 0.430. The lowest BCUT2D eigenvalue weighted by Gasteiger charge is -2.22. The Bertz CT molecular complexity index is 293. The topological polar surface area (TPSA) is 12.0 Å². The van der Waals surface area contributed by atoms with Crippen LogP contribution in [0.25, 0.3) is 0 Å². The number of nitrogens with one attached hydrogen (secondary N) is 1. The van der Waals surface area contributed by atoms with Gasteiger partial charge in [-0.3, -0.25) is 0 Å². The van der Waals surface area contributed by atoms with E-state index in [0.29, 0.717) is 0 Å². The van der Waals surface area contributed by atoms with Crippen LogP contribution in [0.1, 0.15) is 24.8 Å². The standard InChI is InChI=1S/C13H19NS.ClH/c1-11-5-7-13(8-6-11)15-10-12-4-2-3-9-14-12;/h5-8,12,14H,2-4,9-10H2,1H3;1H. The van der Waals surface area contributed by atoms with E-state index in [4.69, 9.17) is 0 Å². The van der Waals surface area contributed by atoms with Crippen LogP contribution in [0.15, 0.2) is 29.2 Å². The molecule has 0 bridgehead atoms. The second-order valence-electron chi connectivity index (χ2n) is 4.27. The van der Waals surface area contributed by atoms with Crippen molar-refractivity contribution in [1.82, 2.24) is 5.32 Å². The summed E-state index contributed by atoms with van der Waals surface area (Å²) >= 11 is 1.97. The largest absolute Gasteiger partial charge is 0.313 e. The lowest BCUT2D eigenvalue weighted by Crippen LogP contribution is -2.35. The van der Waals surface area contributed by atoms with Crippen LogP contribution < -0.4 is 5.32 Å². The highest BCUT2D eigenvalue weighted by Crippen LogP contribution is 2.21. The lowest BCUT2D eigenvalue weighted by atomic mass is 10.1. The molecule has 1 nitrogen and oxygen atoms in total. The van der Waals surface area contributed by atoms with Gasteiger partial charge >= 0.3 is 0 Å². The Hall–Kier alpha value is -0.180. The first-order valence-corrected chi connectivity index (χ1v) is 6.76. The minimum atomic E-state index is 0. The van der Waals surface area contributed by atoms with Gasteiger partial charge in [-0.25, -0.2) is 0 Å². The number of benzene rings is 1. The first-order valence-electron chi connectivity index (χ1n) is 5.77. The number of hydrogen-bond donors (Lipinski definition) is 1. The molecule has 0 aromatic heterocycles. The van der Waals surface area contributed by atoms with Crippen LogP contribution in [0.3, 0.4) is 0 Å². The molecular formula is C13H20ClNS. The van der Waals surface area contributed by atoms with Gasteiger partial charge in [-0.1, -0.05) is 24.1 Å². The number of hydrogen-bond acceptors (Lipinski definition) is 2. The van der Waals surface area contributed by atoms with Crippen molar-refractivity contribution in [2.24, 2.45) is 0 Å². The van der Waals surface area contributed by atoms with Crippen molar-refractivity contribution in [3.8, 4) is 0 Å². The molecule has 1 fully saturated rings. The van der Waals surface area contributed by atoms with Crippen LogP contribution in [0.5, 0.6) is 0 Å². The van der Waals surface area contributed by atoms with Gasteiger partial charge in [0.1, 0.15) is 0 Å². The van der Waals surface area contributed by atoms with Crippen molar-refractivity contribution in [2.75, 3.05) is 12.3 Å². The summed E-state index contributed by atoms with van der Waals surface area (Å²) < 4.78 is 0. The number of aryl methyl sites for hydroxylation is 1. The summed E-state index contributed by atoms with van der Waals surface area (Å²) in [7, 11) is 0. The van der Waals surface area contributed by atoms with Gasteiger partial charge < -0.3 is 5.32 Å². The van der Waals surface area contributed by atoms with Crippen molar-refractivity contribution in [1.29, 1.82) is 0 Å². The Labute approximate surface area is 109 Å². The maximum atomic E-state index is 3.58. The summed E-state index contributed by atoms with van der Waals surface area (Å²) in [6.45, 7) is 3.34. The van der Waals surface area contributed by atoms with Gasteiger partial charge in [0, 0.05) is 16.7 Å². The number of rotatable bonds is 3. The zero-order valence-corrected chi connectivity index (χ0v) is 11.4. The second kappa shape index (κ2) is 7.21. The van der Waals surface area contributed by atoms with Gasteiger partial charge in [-0.2, -0.15) is 0 Å². The molecule has 1 unspecified atom stereocenters. The fraction of sp³-hybridized carbons (Fsp3) is 0.538. The van der Waals surface area contributed by atoms with E-state index in [9.17, 15) is 0 Å². The smallest absolute Gasteiger partial charge is 0.0161 e. The van der Waals surface area contributed by atoms with Gasteiger partial charge in [-0.05, 0) is 38.4 Å². The monoisotopic (exact) mass is 257 g/mol. The SMILES string of the molecule is Cc1ccc(SCC2CCCCN2)cc1.Cl. The number of halogens is 1. The van der Waals surface area contributed by atoms with Gasteiger partial charge in [0.25, 0.3) is 0 Å². The first kappa shape index (κ1) is 13.9. The van der Waals surface area contributed by atoms with Crippen molar-refractivity contribution in [3.63, 3.8) is 0 Å². The summed E-state index contributed by atoms with van der Waals surface area (Å²) in [5.74, 6) is 1.21. The van der Waals surface area contributed by atoms with Gasteiger partial charge in [-0.15, -0.1) is 24.2 Å². The minimum absolute atomic E-state index is 0. The highest BCUT2D eigenvalue weighted by Gasteiger charge is 2.12. The summed E-state index contributed by atoms with van der Waals surface area (Å²) in [6, 6.07) is 9.56. The van der Waals surface area contributed by atoms with Gasteiger partial charge in [0.2, 0.25) is 0 Å². The van der Waals surface area contributed by atoms with Crippen LogP contribution in [0.4, 0.5) is 0 Å². The van der Waals surface area contributed by atoms with Crippen molar-refractivity contribution in [3.05, 3.63) is 29.8 Å². The fourth-order valence-corrected chi connectivity index (χ4v) is 2.90. The minimum Gasteiger partial charge on any atom is -0.313 e. The second-order valence-corrected chi connectivity index (χ2v) is 5.36. The molecule has 1 aromatic carbocycles. The number of thioether (sulfide) groups is 1. The van der Waals surface area contributed by atoms with E-state index in [0.717, 1.165) is 6.04 Å². The van der Waals surface area contributed by atoms with E-state index in [1.54, 1.807) is 0 Å². The molecule has 3 heteroatoms. The summed E-state index contributed by atoms with van der Waals surface area (Å²) in [6.07, 6.45) is 4.09. The molecule has 0 aliphatic carbocycles. The molecule has 0 amide bonds. The van der Waals surface area contributed by atoms with Crippen LogP contribution in [-0.2, 0) is 0 Å². The van der Waals surface area contributed by atoms with Gasteiger partial charge in [0.05, 0.1) is 0 Å². The molecular weight excluding hydrogens is 238 g/mol. The maximum absolute atomic E-state index is 3.58. The zero-order valence-electron chi connectivity index (χ0n) is 9.74. The molecule has 1 aliphatic heterocycles. The molecule has 0 spiro atoms. The zero-order chi connectivity index (χ0) is 10.5. The van der Waals surface area contributed by atoms with E-state index in [-0.39, 0.29) is 12.4 Å². The molecule has 1 heterocycles. The van der Waals surface area contributed by atoms with E-state index < -0.39 is 0 Å². The Kier molecular flexibility index (Phi) is 6.25. The van der Waals surface area contributed by atoms with E-state index in [1.165, 1.54) is 42.0 Å². The van der Waals surface area contributed by atoms with Crippen molar-refractivity contribution < 1.29 is 0 Å². The van der Waals surface area contributed by atoms with Crippen LogP contribution in [0, 0.1) is 6.92 Å². The third-order valence-corrected chi connectivity index (χ3v) is 4.06. The fourth-order valence-electron chi connectivity index (χ4n) is 1.90. The summed E-state index contributed by atoms with van der Waals surface area (Å²) in [5.41, 5.74) is 1.34. The third-order valence-electron chi connectivity index (χ3n) is 2.88. The Morgan fingerprint density at radius 2 is 2.00 bits per heavy atom. The van der Waals surface area contributed by atoms with E-state index >= 15 is 0 Å². The maximum Gasteiger partial charge on any atom is 0.0161 e. The number of piperidine rings is 1. The van der Waals surface area contributed by atoms with Crippen LogP contribution in [0.2, 0.25) is 0 Å². The average molecular weight is 258 g/mol. The molecule has 1 aliphatic rings. The summed E-state index contributed by atoms with van der Waals surface area (Å²) in [5, 5.41) is 3.58. The molecule has 90 valence electrons. The van der Waals surface area contributed by atoms with E-state index in [1.807, 2.05) is 11.8 Å². The third kappa shape index (κ3) is 4.36. The van der Waals surface area contributed by atoms with Gasteiger partial charge in [0.15, 0.2) is 0 Å². The van der Waals surface area contributed by atoms with Crippen molar-refractivity contribution >= 4 is 24.2 Å². The molecule has 1 aromatic rings. The Morgan fingerprint density at radius 3 is 2.62 bits per heavy atom. The molecule has 1 atom stereocenters. The Morgan fingerprint density at radius 1 is 1.25 bits per heavy atom. The predicted octanol–water partition coefficient (Wildman–Crippen LogP) is 3.65. The normalized spacial score (nSPS) is 20.2. The molecule has 0 saturated carbocycles. The molecule has 0 radical (unpaired) electrons. The average Bonchev–Trinajstić information content (AvgIpc) is 2.30.